The van der Waals surface area contributed by atoms with Crippen molar-refractivity contribution in [3.8, 4) is 0 Å². The van der Waals surface area contributed by atoms with Crippen molar-refractivity contribution in [1.29, 1.82) is 0 Å². The van der Waals surface area contributed by atoms with Crippen LogP contribution in [0, 0.1) is 5.92 Å². The molecule has 5 heteroatoms. The van der Waals surface area contributed by atoms with Crippen molar-refractivity contribution in [3.05, 3.63) is 0 Å². The Bertz CT molecular complexity index is 268. The van der Waals surface area contributed by atoms with E-state index in [4.69, 9.17) is 15.2 Å². The summed E-state index contributed by atoms with van der Waals surface area (Å²) in [6.45, 7) is 9.40. The topological polar surface area (TPSA) is 64.8 Å². The van der Waals surface area contributed by atoms with Crippen LogP contribution in [0.5, 0.6) is 0 Å². The summed E-state index contributed by atoms with van der Waals surface area (Å²) in [5.41, 5.74) is 4.99. The normalized spacial score (nSPS) is 17.6. The van der Waals surface area contributed by atoms with E-state index >= 15 is 0 Å². The van der Waals surface area contributed by atoms with Gasteiger partial charge < -0.3 is 20.1 Å². The highest BCUT2D eigenvalue weighted by molar-refractivity contribution is 5.68. The van der Waals surface area contributed by atoms with Crippen LogP contribution in [0.25, 0.3) is 0 Å². The first-order chi connectivity index (χ1) is 8.92. The van der Waals surface area contributed by atoms with Gasteiger partial charge in [-0.05, 0) is 52.5 Å². The van der Waals surface area contributed by atoms with Crippen LogP contribution in [-0.2, 0) is 9.47 Å². The van der Waals surface area contributed by atoms with E-state index in [0.29, 0.717) is 12.5 Å². The van der Waals surface area contributed by atoms with E-state index in [1.54, 1.807) is 4.90 Å². The zero-order chi connectivity index (χ0) is 14.3. The Kier molecular flexibility index (Phi) is 6.58. The molecule has 1 heterocycles. The highest BCUT2D eigenvalue weighted by Gasteiger charge is 2.26. The van der Waals surface area contributed by atoms with Crippen LogP contribution in [0.1, 0.15) is 40.0 Å². The Balaban J connectivity index is 2.19. The summed E-state index contributed by atoms with van der Waals surface area (Å²) >= 11 is 0. The maximum absolute atomic E-state index is 11.9. The number of rotatable bonds is 5. The Labute approximate surface area is 116 Å². The second-order valence-electron chi connectivity index (χ2n) is 6.13. The fourth-order valence-electron chi connectivity index (χ4n) is 2.04. The molecule has 2 N–H and O–H groups in total. The van der Waals surface area contributed by atoms with Crippen LogP contribution >= 0.6 is 0 Å². The molecule has 0 saturated carbocycles. The molecule has 0 aliphatic carbocycles. The lowest BCUT2D eigenvalue weighted by Gasteiger charge is -2.33. The highest BCUT2D eigenvalue weighted by atomic mass is 16.6. The lowest BCUT2D eigenvalue weighted by atomic mass is 9.98. The zero-order valence-corrected chi connectivity index (χ0v) is 12.5. The predicted octanol–water partition coefficient (Wildman–Crippen LogP) is 2.00. The maximum Gasteiger partial charge on any atom is 0.410 e. The highest BCUT2D eigenvalue weighted by Crippen LogP contribution is 2.19. The molecule has 112 valence electrons. The molecule has 0 atom stereocenters. The molecule has 0 spiro atoms. The van der Waals surface area contributed by atoms with Crippen LogP contribution in [0.2, 0.25) is 0 Å². The molecule has 0 radical (unpaired) electrons. The van der Waals surface area contributed by atoms with Gasteiger partial charge in [0.25, 0.3) is 0 Å². The second kappa shape index (κ2) is 7.70. The monoisotopic (exact) mass is 272 g/mol. The van der Waals surface area contributed by atoms with Crippen LogP contribution in [-0.4, -0.2) is 49.4 Å². The average molecular weight is 272 g/mol. The lowest BCUT2D eigenvalue weighted by molar-refractivity contribution is 0.0117. The molecule has 1 rings (SSSR count). The van der Waals surface area contributed by atoms with Gasteiger partial charge >= 0.3 is 6.09 Å². The third-order valence-electron chi connectivity index (χ3n) is 3.11. The fraction of sp³-hybridized carbons (Fsp3) is 0.929. The van der Waals surface area contributed by atoms with Crippen LogP contribution in [0.4, 0.5) is 4.79 Å². The zero-order valence-electron chi connectivity index (χ0n) is 12.5. The van der Waals surface area contributed by atoms with Gasteiger partial charge in [-0.2, -0.15) is 0 Å². The number of nitrogens with zero attached hydrogens (tertiary/aromatic N) is 1. The summed E-state index contributed by atoms with van der Waals surface area (Å²) in [5, 5.41) is 0. The summed E-state index contributed by atoms with van der Waals surface area (Å²) in [6, 6.07) is 0. The molecule has 1 aliphatic heterocycles. The van der Waals surface area contributed by atoms with Crippen molar-refractivity contribution >= 4 is 6.09 Å². The van der Waals surface area contributed by atoms with E-state index in [2.05, 4.69) is 0 Å². The van der Waals surface area contributed by atoms with Gasteiger partial charge in [-0.3, -0.25) is 0 Å². The van der Waals surface area contributed by atoms with Gasteiger partial charge in [0.1, 0.15) is 5.60 Å². The van der Waals surface area contributed by atoms with Gasteiger partial charge in [-0.15, -0.1) is 0 Å². The smallest absolute Gasteiger partial charge is 0.410 e. The largest absolute Gasteiger partial charge is 0.444 e. The van der Waals surface area contributed by atoms with Crippen molar-refractivity contribution in [3.63, 3.8) is 0 Å². The quantitative estimate of drug-likeness (QED) is 0.777. The first-order valence-electron chi connectivity index (χ1n) is 7.18. The van der Waals surface area contributed by atoms with Crippen molar-refractivity contribution in [2.75, 3.05) is 32.8 Å². The van der Waals surface area contributed by atoms with E-state index in [1.807, 2.05) is 20.8 Å². The minimum absolute atomic E-state index is 0.199. The van der Waals surface area contributed by atoms with E-state index < -0.39 is 5.60 Å². The molecule has 0 unspecified atom stereocenters. The van der Waals surface area contributed by atoms with Gasteiger partial charge in [0, 0.05) is 26.3 Å². The minimum Gasteiger partial charge on any atom is -0.444 e. The van der Waals surface area contributed by atoms with Gasteiger partial charge in [0.05, 0.1) is 0 Å². The summed E-state index contributed by atoms with van der Waals surface area (Å²) in [6.07, 6.45) is 2.69. The maximum atomic E-state index is 11.9. The van der Waals surface area contributed by atoms with E-state index in [-0.39, 0.29) is 6.09 Å². The third kappa shape index (κ3) is 6.78. The summed E-state index contributed by atoms with van der Waals surface area (Å²) in [5.74, 6) is 0.552. The molecule has 0 aromatic carbocycles. The number of carbonyl (C=O) groups is 1. The van der Waals surface area contributed by atoms with E-state index in [0.717, 1.165) is 45.6 Å². The molecule has 0 aromatic rings. The first-order valence-corrected chi connectivity index (χ1v) is 7.18. The Morgan fingerprint density at radius 1 is 1.32 bits per heavy atom. The number of ether oxygens (including phenoxy) is 2. The Hall–Kier alpha value is -0.810. The van der Waals surface area contributed by atoms with Crippen LogP contribution in [0.3, 0.4) is 0 Å². The molecule has 19 heavy (non-hydrogen) atoms. The van der Waals surface area contributed by atoms with E-state index in [1.165, 1.54) is 0 Å². The molecule has 5 nitrogen and oxygen atoms in total. The molecular weight excluding hydrogens is 244 g/mol. The van der Waals surface area contributed by atoms with Crippen molar-refractivity contribution in [1.82, 2.24) is 4.90 Å². The molecular formula is C14H28N2O3. The number of hydrogen-bond acceptors (Lipinski definition) is 4. The number of likely N-dealkylation sites (tertiary alicyclic amines) is 1. The van der Waals surface area contributed by atoms with E-state index in [9.17, 15) is 4.79 Å². The van der Waals surface area contributed by atoms with Crippen LogP contribution < -0.4 is 5.73 Å². The summed E-state index contributed by atoms with van der Waals surface area (Å²) < 4.78 is 10.9. The van der Waals surface area contributed by atoms with Gasteiger partial charge in [-0.1, -0.05) is 0 Å². The Morgan fingerprint density at radius 2 is 1.95 bits per heavy atom. The third-order valence-corrected chi connectivity index (χ3v) is 3.11. The predicted molar refractivity (Wildman–Crippen MR) is 75.0 cm³/mol. The molecule has 1 saturated heterocycles. The average Bonchev–Trinajstić information content (AvgIpc) is 2.33. The number of piperidine rings is 1. The van der Waals surface area contributed by atoms with Crippen molar-refractivity contribution < 1.29 is 14.3 Å². The second-order valence-corrected chi connectivity index (χ2v) is 6.13. The summed E-state index contributed by atoms with van der Waals surface area (Å²) in [4.78, 5) is 13.7. The number of carbonyl (C=O) groups excluding carboxylic acids is 1. The first kappa shape index (κ1) is 16.2. The minimum atomic E-state index is -0.417. The van der Waals surface area contributed by atoms with Gasteiger partial charge in [0.15, 0.2) is 0 Å². The fourth-order valence-corrected chi connectivity index (χ4v) is 2.04. The van der Waals surface area contributed by atoms with Gasteiger partial charge in [0.2, 0.25) is 0 Å². The van der Waals surface area contributed by atoms with Crippen LogP contribution in [0.15, 0.2) is 0 Å². The summed E-state index contributed by atoms with van der Waals surface area (Å²) in [7, 11) is 0. The molecule has 1 aliphatic rings. The molecule has 1 amide bonds. The molecule has 0 bridgehead atoms. The number of hydrogen-bond donors (Lipinski definition) is 1. The molecule has 1 fully saturated rings. The SMILES string of the molecule is CC(C)(C)OC(=O)N1CCC(COCCCN)CC1. The number of amides is 1. The van der Waals surface area contributed by atoms with Crippen molar-refractivity contribution in [2.45, 2.75) is 45.6 Å². The standard InChI is InChI=1S/C14H28N2O3/c1-14(2,3)19-13(17)16-8-5-12(6-9-16)11-18-10-4-7-15/h12H,4-11,15H2,1-3H3. The van der Waals surface area contributed by atoms with Crippen molar-refractivity contribution in [2.24, 2.45) is 11.7 Å². The molecule has 0 aromatic heterocycles. The van der Waals surface area contributed by atoms with Gasteiger partial charge in [-0.25, -0.2) is 4.79 Å². The number of nitrogens with two attached hydrogens (primary N) is 1. The Morgan fingerprint density at radius 3 is 2.47 bits per heavy atom. The lowest BCUT2D eigenvalue weighted by Crippen LogP contribution is -2.42.